The molecule has 0 saturated carbocycles. The van der Waals surface area contributed by atoms with Gasteiger partial charge in [0.15, 0.2) is 11.8 Å². The monoisotopic (exact) mass is 528 g/mol. The summed E-state index contributed by atoms with van der Waals surface area (Å²) in [6, 6.07) is 14.1. The number of carbonyl (C=O) groups excluding carboxylic acids is 4. The maximum Gasteiger partial charge on any atom is 0.320 e. The minimum absolute atomic E-state index is 0.162. The molecule has 0 spiro atoms. The van der Waals surface area contributed by atoms with Crippen LogP contribution in [0.3, 0.4) is 0 Å². The zero-order valence-electron chi connectivity index (χ0n) is 21.8. The van der Waals surface area contributed by atoms with E-state index < -0.39 is 35.7 Å². The molecule has 10 nitrogen and oxygen atoms in total. The van der Waals surface area contributed by atoms with Crippen LogP contribution in [0.25, 0.3) is 0 Å². The highest BCUT2D eigenvalue weighted by atomic mass is 16.6. The van der Waals surface area contributed by atoms with Crippen molar-refractivity contribution in [1.82, 2.24) is 0 Å². The molecule has 0 saturated heterocycles. The van der Waals surface area contributed by atoms with Gasteiger partial charge in [-0.1, -0.05) is 24.3 Å². The Morgan fingerprint density at radius 3 is 1.11 bits per heavy atom. The summed E-state index contributed by atoms with van der Waals surface area (Å²) in [5.41, 5.74) is 1.53. The molecule has 0 N–H and O–H groups in total. The van der Waals surface area contributed by atoms with Gasteiger partial charge in [0.2, 0.25) is 0 Å². The van der Waals surface area contributed by atoms with Gasteiger partial charge in [-0.15, -0.1) is 0 Å². The lowest BCUT2D eigenvalue weighted by atomic mass is 9.99. The van der Waals surface area contributed by atoms with Crippen molar-refractivity contribution in [3.05, 3.63) is 71.8 Å². The zero-order valence-corrected chi connectivity index (χ0v) is 21.8. The molecule has 0 aromatic heterocycles. The molecule has 0 aliphatic heterocycles. The van der Waals surface area contributed by atoms with Gasteiger partial charge < -0.3 is 28.4 Å². The summed E-state index contributed by atoms with van der Waals surface area (Å²) in [4.78, 5) is 47.3. The van der Waals surface area contributed by atoms with Gasteiger partial charge in [0, 0.05) is 0 Å². The second-order valence-electron chi connectivity index (χ2n) is 7.99. The van der Waals surface area contributed by atoms with Gasteiger partial charge in [-0.05, 0) is 60.4 Å². The van der Waals surface area contributed by atoms with E-state index in [1.54, 1.807) is 48.5 Å². The van der Waals surface area contributed by atoms with E-state index in [0.29, 0.717) is 24.7 Å². The van der Waals surface area contributed by atoms with Crippen LogP contribution < -0.4 is 9.47 Å². The molecular formula is C28H32O10. The topological polar surface area (TPSA) is 124 Å². The molecule has 204 valence electrons. The maximum absolute atomic E-state index is 11.8. The third-order valence-electron chi connectivity index (χ3n) is 5.53. The highest BCUT2D eigenvalue weighted by Crippen LogP contribution is 2.18. The Labute approximate surface area is 221 Å². The standard InChI is InChI=1S/C28H32O10/c1-33-25(29)23(26(30)34-2)17-19-7-11-21(12-8-19)37-15-5-6-16-38-22-13-9-20(10-14-22)18-24(27(31)35-3)28(32)36-4/h5-14,23-24H,15-18H2,1-4H3/b6-5-. The van der Waals surface area contributed by atoms with Gasteiger partial charge >= 0.3 is 23.9 Å². The number of methoxy groups -OCH3 is 4. The van der Waals surface area contributed by atoms with Crippen molar-refractivity contribution < 1.29 is 47.6 Å². The van der Waals surface area contributed by atoms with E-state index in [0.717, 1.165) is 11.1 Å². The lowest BCUT2D eigenvalue weighted by Gasteiger charge is -2.13. The molecule has 0 heterocycles. The number of ether oxygens (including phenoxy) is 6. The summed E-state index contributed by atoms with van der Waals surface area (Å²) >= 11 is 0. The molecule has 2 aromatic rings. The number of carbonyl (C=O) groups is 4. The van der Waals surface area contributed by atoms with E-state index in [2.05, 4.69) is 18.9 Å². The van der Waals surface area contributed by atoms with Crippen molar-refractivity contribution in [2.45, 2.75) is 12.8 Å². The SMILES string of the molecule is COC(=O)C(Cc1ccc(OC/C=C\COc2ccc(CC(C(=O)OC)C(=O)OC)cc2)cc1)C(=O)OC. The minimum Gasteiger partial charge on any atom is -0.490 e. The van der Waals surface area contributed by atoms with Crippen LogP contribution in [0.4, 0.5) is 0 Å². The largest absolute Gasteiger partial charge is 0.490 e. The second-order valence-corrected chi connectivity index (χ2v) is 7.99. The first kappa shape index (κ1) is 29.9. The van der Waals surface area contributed by atoms with Crippen molar-refractivity contribution in [1.29, 1.82) is 0 Å². The smallest absolute Gasteiger partial charge is 0.320 e. The Bertz CT molecular complexity index is 970. The second kappa shape index (κ2) is 15.7. The van der Waals surface area contributed by atoms with Crippen LogP contribution in [0.15, 0.2) is 60.7 Å². The first-order valence-electron chi connectivity index (χ1n) is 11.7. The lowest BCUT2D eigenvalue weighted by molar-refractivity contribution is -0.160. The lowest BCUT2D eigenvalue weighted by Crippen LogP contribution is -2.28. The molecule has 2 aromatic carbocycles. The predicted molar refractivity (Wildman–Crippen MR) is 135 cm³/mol. The normalized spacial score (nSPS) is 10.8. The quantitative estimate of drug-likeness (QED) is 0.156. The summed E-state index contributed by atoms with van der Waals surface area (Å²) in [6.45, 7) is 0.633. The molecule has 10 heteroatoms. The molecule has 0 amide bonds. The molecule has 0 bridgehead atoms. The molecule has 0 aliphatic rings. The molecule has 0 fully saturated rings. The molecular weight excluding hydrogens is 496 g/mol. The number of benzene rings is 2. The molecule has 0 radical (unpaired) electrons. The van der Waals surface area contributed by atoms with Crippen LogP contribution in [0.2, 0.25) is 0 Å². The minimum atomic E-state index is -1.02. The van der Waals surface area contributed by atoms with Crippen molar-refractivity contribution >= 4 is 23.9 Å². The average molecular weight is 529 g/mol. The number of hydrogen-bond acceptors (Lipinski definition) is 10. The molecule has 0 atom stereocenters. The van der Waals surface area contributed by atoms with E-state index >= 15 is 0 Å². The van der Waals surface area contributed by atoms with Gasteiger partial charge in [0.1, 0.15) is 24.7 Å². The predicted octanol–water partition coefficient (Wildman–Crippen LogP) is 2.71. The molecule has 0 aliphatic carbocycles. The Balaban J connectivity index is 1.78. The molecule has 2 rings (SSSR count). The third-order valence-corrected chi connectivity index (χ3v) is 5.53. The van der Waals surface area contributed by atoms with Crippen LogP contribution in [-0.2, 0) is 51.0 Å². The van der Waals surface area contributed by atoms with Gasteiger partial charge in [-0.25, -0.2) is 0 Å². The highest BCUT2D eigenvalue weighted by Gasteiger charge is 2.29. The summed E-state index contributed by atoms with van der Waals surface area (Å²) in [5, 5.41) is 0. The van der Waals surface area contributed by atoms with E-state index in [4.69, 9.17) is 9.47 Å². The number of hydrogen-bond donors (Lipinski definition) is 0. The van der Waals surface area contributed by atoms with Crippen LogP contribution in [0, 0.1) is 11.8 Å². The number of esters is 4. The van der Waals surface area contributed by atoms with Crippen LogP contribution in [-0.4, -0.2) is 65.5 Å². The van der Waals surface area contributed by atoms with E-state index in [9.17, 15) is 19.2 Å². The van der Waals surface area contributed by atoms with Crippen LogP contribution in [0.1, 0.15) is 11.1 Å². The van der Waals surface area contributed by atoms with Gasteiger partial charge in [-0.3, -0.25) is 19.2 Å². The fraction of sp³-hybridized carbons (Fsp3) is 0.357. The molecule has 0 unspecified atom stereocenters. The Morgan fingerprint density at radius 2 is 0.842 bits per heavy atom. The first-order chi connectivity index (χ1) is 18.3. The Kier molecular flexibility index (Phi) is 12.4. The van der Waals surface area contributed by atoms with Crippen LogP contribution >= 0.6 is 0 Å². The van der Waals surface area contributed by atoms with Crippen molar-refractivity contribution in [2.24, 2.45) is 11.8 Å². The first-order valence-corrected chi connectivity index (χ1v) is 11.7. The van der Waals surface area contributed by atoms with Gasteiger partial charge in [0.25, 0.3) is 0 Å². The zero-order chi connectivity index (χ0) is 27.9. The third kappa shape index (κ3) is 9.27. The maximum atomic E-state index is 11.8. The van der Waals surface area contributed by atoms with Crippen molar-refractivity contribution in [3.8, 4) is 11.5 Å². The van der Waals surface area contributed by atoms with Gasteiger partial charge in [-0.2, -0.15) is 0 Å². The van der Waals surface area contributed by atoms with E-state index in [1.165, 1.54) is 28.4 Å². The molecule has 38 heavy (non-hydrogen) atoms. The van der Waals surface area contributed by atoms with Crippen molar-refractivity contribution in [2.75, 3.05) is 41.7 Å². The van der Waals surface area contributed by atoms with E-state index in [-0.39, 0.29) is 12.8 Å². The summed E-state index contributed by atoms with van der Waals surface area (Å²) in [5.74, 6) is -3.38. The summed E-state index contributed by atoms with van der Waals surface area (Å²) < 4.78 is 30.0. The van der Waals surface area contributed by atoms with E-state index in [1.807, 2.05) is 12.2 Å². The Hall–Kier alpha value is -4.34. The Morgan fingerprint density at radius 1 is 0.553 bits per heavy atom. The van der Waals surface area contributed by atoms with Gasteiger partial charge in [0.05, 0.1) is 28.4 Å². The summed E-state index contributed by atoms with van der Waals surface area (Å²) in [6.07, 6.45) is 3.94. The summed E-state index contributed by atoms with van der Waals surface area (Å²) in [7, 11) is 4.90. The number of rotatable bonds is 14. The highest BCUT2D eigenvalue weighted by molar-refractivity contribution is 5.95. The fourth-order valence-electron chi connectivity index (χ4n) is 3.43. The van der Waals surface area contributed by atoms with Crippen LogP contribution in [0.5, 0.6) is 11.5 Å². The average Bonchev–Trinajstić information content (AvgIpc) is 2.96. The fourth-order valence-corrected chi connectivity index (χ4v) is 3.43. The van der Waals surface area contributed by atoms with Crippen molar-refractivity contribution in [3.63, 3.8) is 0 Å².